The highest BCUT2D eigenvalue weighted by atomic mass is 16.1. The molecule has 23 heavy (non-hydrogen) atoms. The van der Waals surface area contributed by atoms with Gasteiger partial charge in [-0.15, -0.1) is 0 Å². The molecule has 1 aromatic rings. The molecule has 1 amide bonds. The van der Waals surface area contributed by atoms with Gasteiger partial charge in [-0.25, -0.2) is 0 Å². The number of hydrogen-bond donors (Lipinski definition) is 2. The van der Waals surface area contributed by atoms with E-state index in [1.54, 1.807) is 0 Å². The zero-order chi connectivity index (χ0) is 16.4. The minimum absolute atomic E-state index is 0.0235. The van der Waals surface area contributed by atoms with Gasteiger partial charge in [-0.3, -0.25) is 9.48 Å². The molecule has 3 rings (SSSR count). The summed E-state index contributed by atoms with van der Waals surface area (Å²) in [5.41, 5.74) is 1.53. The molecule has 5 heteroatoms. The Hall–Kier alpha value is -1.36. The van der Waals surface area contributed by atoms with E-state index >= 15 is 0 Å². The molecular formula is C18H30N4O. The van der Waals surface area contributed by atoms with Gasteiger partial charge in [0.2, 0.25) is 5.91 Å². The summed E-state index contributed by atoms with van der Waals surface area (Å²) in [6, 6.07) is 0. The SMILES string of the molecule is CC(C)CC1(CNC(=O)[C@H]2CNC[C@@H]2c2cnn(C)c2)CCC1. The molecule has 128 valence electrons. The number of amides is 1. The monoisotopic (exact) mass is 318 g/mol. The van der Waals surface area contributed by atoms with Gasteiger partial charge in [-0.2, -0.15) is 5.10 Å². The van der Waals surface area contributed by atoms with E-state index in [1.165, 1.54) is 25.7 Å². The summed E-state index contributed by atoms with van der Waals surface area (Å²) in [5, 5.41) is 10.9. The van der Waals surface area contributed by atoms with Gasteiger partial charge in [0.25, 0.3) is 0 Å². The third-order valence-electron chi connectivity index (χ3n) is 5.60. The number of hydrogen-bond acceptors (Lipinski definition) is 3. The highest BCUT2D eigenvalue weighted by Crippen LogP contribution is 2.45. The van der Waals surface area contributed by atoms with Crippen molar-refractivity contribution < 1.29 is 4.79 Å². The van der Waals surface area contributed by atoms with Crippen molar-refractivity contribution in [1.82, 2.24) is 20.4 Å². The van der Waals surface area contributed by atoms with E-state index in [0.717, 1.165) is 25.2 Å². The van der Waals surface area contributed by atoms with Crippen molar-refractivity contribution in [2.75, 3.05) is 19.6 Å². The van der Waals surface area contributed by atoms with E-state index in [1.807, 2.05) is 24.1 Å². The standard InChI is InChI=1S/C18H30N4O/c1-13(2)7-18(5-4-6-18)12-20-17(23)16-10-19-9-15(16)14-8-21-22(3)11-14/h8,11,13,15-16,19H,4-7,9-10,12H2,1-3H3,(H,20,23)/t15-,16+/m1/s1. The zero-order valence-corrected chi connectivity index (χ0v) is 14.6. The third kappa shape index (κ3) is 3.60. The average Bonchev–Trinajstić information content (AvgIpc) is 3.09. The van der Waals surface area contributed by atoms with Gasteiger partial charge in [-0.05, 0) is 36.2 Å². The first-order valence-corrected chi connectivity index (χ1v) is 8.96. The maximum Gasteiger partial charge on any atom is 0.225 e. The van der Waals surface area contributed by atoms with Gasteiger partial charge in [0.15, 0.2) is 0 Å². The second-order valence-electron chi connectivity index (χ2n) is 7.99. The molecule has 2 aliphatic rings. The maximum atomic E-state index is 12.7. The molecule has 0 bridgehead atoms. The van der Waals surface area contributed by atoms with Gasteiger partial charge >= 0.3 is 0 Å². The number of aryl methyl sites for hydroxylation is 1. The minimum atomic E-state index is 0.0235. The molecule has 2 atom stereocenters. The summed E-state index contributed by atoms with van der Waals surface area (Å²) in [4.78, 5) is 12.7. The summed E-state index contributed by atoms with van der Waals surface area (Å²) < 4.78 is 1.81. The smallest absolute Gasteiger partial charge is 0.225 e. The molecular weight excluding hydrogens is 288 g/mol. The predicted octanol–water partition coefficient (Wildman–Crippen LogP) is 2.06. The van der Waals surface area contributed by atoms with Crippen molar-refractivity contribution >= 4 is 5.91 Å². The fourth-order valence-electron chi connectivity index (χ4n) is 4.34. The normalized spacial score (nSPS) is 26.3. The van der Waals surface area contributed by atoms with E-state index in [-0.39, 0.29) is 17.7 Å². The van der Waals surface area contributed by atoms with Gasteiger partial charge in [0.05, 0.1) is 12.1 Å². The van der Waals surface area contributed by atoms with Crippen molar-refractivity contribution in [1.29, 1.82) is 0 Å². The molecule has 5 nitrogen and oxygen atoms in total. The molecule has 0 aromatic carbocycles. The highest BCUT2D eigenvalue weighted by molar-refractivity contribution is 5.80. The lowest BCUT2D eigenvalue weighted by Crippen LogP contribution is -2.45. The Kier molecular flexibility index (Phi) is 4.76. The van der Waals surface area contributed by atoms with E-state index in [2.05, 4.69) is 29.6 Å². The summed E-state index contributed by atoms with van der Waals surface area (Å²) in [7, 11) is 1.92. The van der Waals surface area contributed by atoms with Gasteiger partial charge in [-0.1, -0.05) is 20.3 Å². The van der Waals surface area contributed by atoms with Crippen LogP contribution in [0.1, 0.15) is 51.0 Å². The Morgan fingerprint density at radius 2 is 2.26 bits per heavy atom. The molecule has 2 heterocycles. The van der Waals surface area contributed by atoms with Crippen LogP contribution in [0.3, 0.4) is 0 Å². The average molecular weight is 318 g/mol. The molecule has 0 unspecified atom stereocenters. The molecule has 1 aliphatic heterocycles. The summed E-state index contributed by atoms with van der Waals surface area (Å²) in [5.74, 6) is 1.17. The molecule has 0 radical (unpaired) electrons. The highest BCUT2D eigenvalue weighted by Gasteiger charge is 2.39. The lowest BCUT2D eigenvalue weighted by Gasteiger charge is -2.43. The van der Waals surface area contributed by atoms with Crippen molar-refractivity contribution in [3.05, 3.63) is 18.0 Å². The van der Waals surface area contributed by atoms with Gasteiger partial charge in [0.1, 0.15) is 0 Å². The summed E-state index contributed by atoms with van der Waals surface area (Å²) in [6.07, 6.45) is 8.99. The summed E-state index contributed by atoms with van der Waals surface area (Å²) >= 11 is 0. The van der Waals surface area contributed by atoms with Crippen molar-refractivity contribution in [2.45, 2.75) is 45.4 Å². The van der Waals surface area contributed by atoms with E-state index in [9.17, 15) is 4.79 Å². The molecule has 1 saturated heterocycles. The van der Waals surface area contributed by atoms with E-state index < -0.39 is 0 Å². The van der Waals surface area contributed by atoms with E-state index in [0.29, 0.717) is 11.3 Å². The van der Waals surface area contributed by atoms with Crippen molar-refractivity contribution in [3.63, 3.8) is 0 Å². The van der Waals surface area contributed by atoms with Crippen LogP contribution in [0.5, 0.6) is 0 Å². The van der Waals surface area contributed by atoms with Gasteiger partial charge in [0, 0.05) is 38.8 Å². The van der Waals surface area contributed by atoms with Crippen LogP contribution in [0.2, 0.25) is 0 Å². The number of carbonyl (C=O) groups is 1. The maximum absolute atomic E-state index is 12.7. The lowest BCUT2D eigenvalue weighted by atomic mass is 9.64. The van der Waals surface area contributed by atoms with Crippen molar-refractivity contribution in [3.8, 4) is 0 Å². The molecule has 1 aromatic heterocycles. The molecule has 1 aliphatic carbocycles. The number of nitrogens with zero attached hydrogens (tertiary/aromatic N) is 2. The lowest BCUT2D eigenvalue weighted by molar-refractivity contribution is -0.125. The molecule has 2 fully saturated rings. The predicted molar refractivity (Wildman–Crippen MR) is 91.1 cm³/mol. The van der Waals surface area contributed by atoms with Crippen LogP contribution in [0, 0.1) is 17.3 Å². The number of rotatable bonds is 6. The Labute approximate surface area is 139 Å². The Morgan fingerprint density at radius 3 is 2.83 bits per heavy atom. The van der Waals surface area contributed by atoms with Crippen LogP contribution in [-0.4, -0.2) is 35.3 Å². The number of carbonyl (C=O) groups excluding carboxylic acids is 1. The van der Waals surface area contributed by atoms with Gasteiger partial charge < -0.3 is 10.6 Å². The first-order valence-electron chi connectivity index (χ1n) is 8.96. The minimum Gasteiger partial charge on any atom is -0.355 e. The first kappa shape index (κ1) is 16.5. The largest absolute Gasteiger partial charge is 0.355 e. The van der Waals surface area contributed by atoms with Crippen LogP contribution in [0.4, 0.5) is 0 Å². The van der Waals surface area contributed by atoms with E-state index in [4.69, 9.17) is 0 Å². The van der Waals surface area contributed by atoms with Crippen molar-refractivity contribution in [2.24, 2.45) is 24.3 Å². The second-order valence-corrected chi connectivity index (χ2v) is 7.99. The first-order chi connectivity index (χ1) is 11.0. The zero-order valence-electron chi connectivity index (χ0n) is 14.6. The van der Waals surface area contributed by atoms with Crippen LogP contribution in [0.15, 0.2) is 12.4 Å². The third-order valence-corrected chi connectivity index (χ3v) is 5.60. The Bertz CT molecular complexity index is 547. The van der Waals surface area contributed by atoms with Crippen LogP contribution in [0.25, 0.3) is 0 Å². The van der Waals surface area contributed by atoms with Crippen LogP contribution in [-0.2, 0) is 11.8 Å². The molecule has 0 spiro atoms. The number of aromatic nitrogens is 2. The quantitative estimate of drug-likeness (QED) is 0.844. The second kappa shape index (κ2) is 6.63. The summed E-state index contributed by atoms with van der Waals surface area (Å²) in [6.45, 7) is 7.03. The number of nitrogens with one attached hydrogen (secondary N) is 2. The molecule has 2 N–H and O–H groups in total. The Morgan fingerprint density at radius 1 is 1.48 bits per heavy atom. The molecule has 1 saturated carbocycles. The Balaban J connectivity index is 1.59. The van der Waals surface area contributed by atoms with Crippen LogP contribution >= 0.6 is 0 Å². The van der Waals surface area contributed by atoms with Crippen LogP contribution < -0.4 is 10.6 Å². The fraction of sp³-hybridized carbons (Fsp3) is 0.778. The topological polar surface area (TPSA) is 59.0 Å². The fourth-order valence-corrected chi connectivity index (χ4v) is 4.34.